The molecule has 130 valence electrons. The summed E-state index contributed by atoms with van der Waals surface area (Å²) in [5, 5.41) is 12.6. The van der Waals surface area contributed by atoms with E-state index in [1.807, 2.05) is 10.7 Å². The highest BCUT2D eigenvalue weighted by atomic mass is 19.1. The lowest BCUT2D eigenvalue weighted by molar-refractivity contribution is 0.304. The first-order valence-corrected chi connectivity index (χ1v) is 8.45. The first kappa shape index (κ1) is 15.0. The smallest absolute Gasteiger partial charge is 0.220 e. The molecule has 0 amide bonds. The standard InChI is InChI=1S/C18H15FN6O/c19-11-3-4-14(21-9-11)16-15(18-25(24-16)7-1-2-8-26-18)12-5-6-20-17-13(12)10-22-23-17/h3-6,9-10H,1-2,7-8H2,(H,20,22,23). The summed E-state index contributed by atoms with van der Waals surface area (Å²) in [4.78, 5) is 8.53. The van der Waals surface area contributed by atoms with Gasteiger partial charge in [-0.25, -0.2) is 14.1 Å². The van der Waals surface area contributed by atoms with E-state index in [2.05, 4.69) is 20.2 Å². The summed E-state index contributed by atoms with van der Waals surface area (Å²) in [5.74, 6) is 0.325. The minimum absolute atomic E-state index is 0.381. The van der Waals surface area contributed by atoms with Gasteiger partial charge < -0.3 is 4.74 Å². The predicted molar refractivity (Wildman–Crippen MR) is 93.0 cm³/mol. The molecule has 5 heterocycles. The third kappa shape index (κ3) is 2.33. The summed E-state index contributed by atoms with van der Waals surface area (Å²) in [6.07, 6.45) is 6.62. The highest BCUT2D eigenvalue weighted by molar-refractivity contribution is 5.98. The van der Waals surface area contributed by atoms with E-state index in [0.717, 1.165) is 35.9 Å². The van der Waals surface area contributed by atoms with Crippen LogP contribution in [0.4, 0.5) is 4.39 Å². The third-order valence-corrected chi connectivity index (χ3v) is 4.50. The number of rotatable bonds is 2. The molecule has 1 aliphatic rings. The number of pyridine rings is 2. The second kappa shape index (κ2) is 5.91. The van der Waals surface area contributed by atoms with Crippen LogP contribution >= 0.6 is 0 Å². The number of ether oxygens (including phenoxy) is 1. The zero-order valence-corrected chi connectivity index (χ0v) is 13.8. The third-order valence-electron chi connectivity index (χ3n) is 4.50. The molecule has 0 bridgehead atoms. The normalized spacial score (nSPS) is 14.0. The van der Waals surface area contributed by atoms with Crippen LogP contribution in [0.2, 0.25) is 0 Å². The minimum atomic E-state index is -0.381. The van der Waals surface area contributed by atoms with E-state index >= 15 is 0 Å². The number of nitrogens with zero attached hydrogens (tertiary/aromatic N) is 5. The summed E-state index contributed by atoms with van der Waals surface area (Å²) in [6, 6.07) is 4.93. The Bertz CT molecular complexity index is 1080. The fourth-order valence-corrected chi connectivity index (χ4v) is 3.28. The van der Waals surface area contributed by atoms with Crippen molar-refractivity contribution in [3.63, 3.8) is 0 Å². The molecule has 0 saturated carbocycles. The van der Waals surface area contributed by atoms with E-state index in [4.69, 9.17) is 9.84 Å². The number of aryl methyl sites for hydroxylation is 1. The van der Waals surface area contributed by atoms with Crippen LogP contribution in [-0.2, 0) is 6.54 Å². The zero-order chi connectivity index (χ0) is 17.5. The first-order chi connectivity index (χ1) is 12.8. The average Bonchev–Trinajstić information content (AvgIpc) is 3.21. The van der Waals surface area contributed by atoms with Gasteiger partial charge >= 0.3 is 0 Å². The van der Waals surface area contributed by atoms with Crippen molar-refractivity contribution in [1.29, 1.82) is 0 Å². The Kier molecular flexibility index (Phi) is 3.41. The lowest BCUT2D eigenvalue weighted by atomic mass is 10.0. The molecular formula is C18H15FN6O. The molecule has 1 aliphatic heterocycles. The average molecular weight is 350 g/mol. The van der Waals surface area contributed by atoms with Crippen molar-refractivity contribution in [3.05, 3.63) is 42.6 Å². The number of halogens is 1. The maximum Gasteiger partial charge on any atom is 0.220 e. The Morgan fingerprint density at radius 3 is 2.96 bits per heavy atom. The van der Waals surface area contributed by atoms with E-state index in [9.17, 15) is 4.39 Å². The Morgan fingerprint density at radius 2 is 2.08 bits per heavy atom. The van der Waals surface area contributed by atoms with Crippen LogP contribution in [0.15, 0.2) is 36.8 Å². The van der Waals surface area contributed by atoms with Crippen molar-refractivity contribution in [2.75, 3.05) is 6.61 Å². The van der Waals surface area contributed by atoms with Crippen molar-refractivity contribution in [1.82, 2.24) is 29.9 Å². The Labute approximate surface area is 147 Å². The molecule has 0 spiro atoms. The molecular weight excluding hydrogens is 335 g/mol. The number of nitrogens with one attached hydrogen (secondary N) is 1. The maximum atomic E-state index is 13.3. The van der Waals surface area contributed by atoms with Crippen molar-refractivity contribution in [2.45, 2.75) is 19.4 Å². The van der Waals surface area contributed by atoms with Gasteiger partial charge in [0, 0.05) is 23.7 Å². The van der Waals surface area contributed by atoms with Gasteiger partial charge in [0.1, 0.15) is 11.5 Å². The van der Waals surface area contributed by atoms with Crippen LogP contribution in [0, 0.1) is 5.82 Å². The summed E-state index contributed by atoms with van der Waals surface area (Å²) in [7, 11) is 0. The Balaban J connectivity index is 1.80. The molecule has 4 aromatic heterocycles. The van der Waals surface area contributed by atoms with E-state index in [1.54, 1.807) is 18.5 Å². The molecule has 0 saturated heterocycles. The van der Waals surface area contributed by atoms with Crippen LogP contribution in [0.5, 0.6) is 5.88 Å². The van der Waals surface area contributed by atoms with Crippen LogP contribution < -0.4 is 4.74 Å². The van der Waals surface area contributed by atoms with Gasteiger partial charge in [0.25, 0.3) is 0 Å². The van der Waals surface area contributed by atoms with Crippen molar-refractivity contribution in [3.8, 4) is 28.4 Å². The van der Waals surface area contributed by atoms with Gasteiger partial charge in [-0.05, 0) is 31.0 Å². The van der Waals surface area contributed by atoms with Crippen LogP contribution in [-0.4, -0.2) is 36.6 Å². The van der Waals surface area contributed by atoms with Crippen LogP contribution in [0.1, 0.15) is 12.8 Å². The van der Waals surface area contributed by atoms with Gasteiger partial charge in [0.2, 0.25) is 5.88 Å². The van der Waals surface area contributed by atoms with Gasteiger partial charge in [-0.15, -0.1) is 0 Å². The van der Waals surface area contributed by atoms with E-state index in [-0.39, 0.29) is 5.82 Å². The van der Waals surface area contributed by atoms with E-state index < -0.39 is 0 Å². The number of aromatic nitrogens is 6. The first-order valence-electron chi connectivity index (χ1n) is 8.45. The molecule has 0 aromatic carbocycles. The van der Waals surface area contributed by atoms with E-state index in [1.165, 1.54) is 12.3 Å². The highest BCUT2D eigenvalue weighted by Gasteiger charge is 2.26. The monoisotopic (exact) mass is 350 g/mol. The molecule has 5 rings (SSSR count). The molecule has 0 unspecified atom stereocenters. The quantitative estimate of drug-likeness (QED) is 0.600. The molecule has 0 fully saturated rings. The fraction of sp³-hybridized carbons (Fsp3) is 0.222. The van der Waals surface area contributed by atoms with Crippen molar-refractivity contribution < 1.29 is 9.13 Å². The van der Waals surface area contributed by atoms with Gasteiger partial charge in [0.05, 0.1) is 30.3 Å². The topological polar surface area (TPSA) is 81.5 Å². The van der Waals surface area contributed by atoms with Crippen molar-refractivity contribution in [2.24, 2.45) is 0 Å². The number of hydrogen-bond donors (Lipinski definition) is 1. The molecule has 0 aliphatic carbocycles. The second-order valence-corrected chi connectivity index (χ2v) is 6.16. The molecule has 8 heteroatoms. The zero-order valence-electron chi connectivity index (χ0n) is 13.8. The molecule has 4 aromatic rings. The molecule has 1 N–H and O–H groups in total. The second-order valence-electron chi connectivity index (χ2n) is 6.16. The summed E-state index contributed by atoms with van der Waals surface area (Å²) in [5.41, 5.74) is 3.69. The lowest BCUT2D eigenvalue weighted by Gasteiger charge is -2.08. The fourth-order valence-electron chi connectivity index (χ4n) is 3.28. The highest BCUT2D eigenvalue weighted by Crippen LogP contribution is 2.41. The number of aromatic amines is 1. The van der Waals surface area contributed by atoms with Crippen LogP contribution in [0.3, 0.4) is 0 Å². The van der Waals surface area contributed by atoms with Crippen LogP contribution in [0.25, 0.3) is 33.5 Å². The SMILES string of the molecule is Fc1ccc(-c2nn3c(c2-c2ccnc4[nH]ncc24)OCCCC3)nc1. The lowest BCUT2D eigenvalue weighted by Crippen LogP contribution is -2.00. The summed E-state index contributed by atoms with van der Waals surface area (Å²) >= 11 is 0. The summed E-state index contributed by atoms with van der Waals surface area (Å²) in [6.45, 7) is 1.40. The predicted octanol–water partition coefficient (Wildman–Crippen LogP) is 3.20. The maximum absolute atomic E-state index is 13.3. The molecule has 0 radical (unpaired) electrons. The van der Waals surface area contributed by atoms with Gasteiger partial charge in [0.15, 0.2) is 5.65 Å². The number of hydrogen-bond acceptors (Lipinski definition) is 5. The summed E-state index contributed by atoms with van der Waals surface area (Å²) < 4.78 is 21.2. The Morgan fingerprint density at radius 1 is 1.12 bits per heavy atom. The minimum Gasteiger partial charge on any atom is -0.477 e. The number of fused-ring (bicyclic) bond motifs is 2. The molecule has 0 atom stereocenters. The number of H-pyrrole nitrogens is 1. The van der Waals surface area contributed by atoms with Gasteiger partial charge in [-0.2, -0.15) is 10.2 Å². The largest absolute Gasteiger partial charge is 0.477 e. The van der Waals surface area contributed by atoms with Crippen molar-refractivity contribution >= 4 is 11.0 Å². The molecule has 26 heavy (non-hydrogen) atoms. The molecule has 7 nitrogen and oxygen atoms in total. The van der Waals surface area contributed by atoms with Gasteiger partial charge in [-0.1, -0.05) is 0 Å². The van der Waals surface area contributed by atoms with Gasteiger partial charge in [-0.3, -0.25) is 10.1 Å². The van der Waals surface area contributed by atoms with E-state index in [0.29, 0.717) is 29.5 Å². The Hall–Kier alpha value is -3.29.